The lowest BCUT2D eigenvalue weighted by Gasteiger charge is -2.17. The van der Waals surface area contributed by atoms with Gasteiger partial charge in [-0.05, 0) is 49.8 Å². The van der Waals surface area contributed by atoms with E-state index in [9.17, 15) is 14.0 Å². The first kappa shape index (κ1) is 16.9. The Morgan fingerprint density at radius 2 is 1.88 bits per heavy atom. The van der Waals surface area contributed by atoms with E-state index in [2.05, 4.69) is 10.6 Å². The maximum absolute atomic E-state index is 12.9. The molecule has 0 spiro atoms. The second-order valence-electron chi connectivity index (χ2n) is 6.56. The zero-order valence-corrected chi connectivity index (χ0v) is 13.6. The second kappa shape index (κ2) is 7.30. The van der Waals surface area contributed by atoms with Crippen LogP contribution in [0.2, 0.25) is 0 Å². The Balaban J connectivity index is 1.43. The number of amides is 2. The Morgan fingerprint density at radius 1 is 1.17 bits per heavy atom. The summed E-state index contributed by atoms with van der Waals surface area (Å²) >= 11 is 0. The highest BCUT2D eigenvalue weighted by molar-refractivity contribution is 6.07. The molecule has 5 nitrogen and oxygen atoms in total. The van der Waals surface area contributed by atoms with Gasteiger partial charge in [0.05, 0.1) is 6.10 Å². The van der Waals surface area contributed by atoms with E-state index in [0.29, 0.717) is 32.4 Å². The minimum atomic E-state index is -0.901. The lowest BCUT2D eigenvalue weighted by Crippen LogP contribution is -2.45. The van der Waals surface area contributed by atoms with Crippen LogP contribution in [-0.2, 0) is 20.7 Å². The quantitative estimate of drug-likeness (QED) is 0.744. The fourth-order valence-corrected chi connectivity index (χ4v) is 3.00. The molecule has 24 heavy (non-hydrogen) atoms. The molecule has 1 aromatic rings. The Bertz CT molecular complexity index is 593. The molecule has 0 bridgehead atoms. The SMILES string of the molecule is O=C(NCCc1ccc(F)cc1)C1(C(=O)NCC2CCCO2)CC1. The van der Waals surface area contributed by atoms with Crippen LogP contribution >= 0.6 is 0 Å². The highest BCUT2D eigenvalue weighted by Crippen LogP contribution is 2.46. The van der Waals surface area contributed by atoms with E-state index in [4.69, 9.17) is 4.74 Å². The lowest BCUT2D eigenvalue weighted by molar-refractivity contribution is -0.137. The number of halogens is 1. The zero-order valence-electron chi connectivity index (χ0n) is 13.6. The Morgan fingerprint density at radius 3 is 2.50 bits per heavy atom. The molecule has 1 atom stereocenters. The molecule has 1 aliphatic heterocycles. The molecule has 1 aromatic carbocycles. The predicted molar refractivity (Wildman–Crippen MR) is 86.8 cm³/mol. The number of carbonyl (C=O) groups is 2. The number of hydrogen-bond acceptors (Lipinski definition) is 3. The van der Waals surface area contributed by atoms with Gasteiger partial charge >= 0.3 is 0 Å². The van der Waals surface area contributed by atoms with E-state index in [1.54, 1.807) is 12.1 Å². The summed E-state index contributed by atoms with van der Waals surface area (Å²) in [5.74, 6) is -0.686. The molecule has 6 heteroatoms. The molecule has 1 saturated carbocycles. The van der Waals surface area contributed by atoms with Gasteiger partial charge in [0.1, 0.15) is 11.2 Å². The number of nitrogens with one attached hydrogen (secondary N) is 2. The van der Waals surface area contributed by atoms with Gasteiger partial charge in [-0.15, -0.1) is 0 Å². The number of rotatable bonds is 7. The first-order valence-electron chi connectivity index (χ1n) is 8.53. The first-order chi connectivity index (χ1) is 11.6. The van der Waals surface area contributed by atoms with Crippen LogP contribution in [0.4, 0.5) is 4.39 Å². The van der Waals surface area contributed by atoms with Crippen LogP contribution in [0.15, 0.2) is 24.3 Å². The molecular formula is C18H23FN2O3. The van der Waals surface area contributed by atoms with E-state index in [0.717, 1.165) is 25.0 Å². The molecule has 1 unspecified atom stereocenters. The molecule has 0 radical (unpaired) electrons. The van der Waals surface area contributed by atoms with Crippen molar-refractivity contribution in [2.75, 3.05) is 19.7 Å². The summed E-state index contributed by atoms with van der Waals surface area (Å²) in [5.41, 5.74) is 0.0471. The van der Waals surface area contributed by atoms with E-state index in [1.165, 1.54) is 12.1 Å². The standard InChI is InChI=1S/C18H23FN2O3/c19-14-5-3-13(4-6-14)7-10-20-16(22)18(8-9-18)17(23)21-12-15-2-1-11-24-15/h3-6,15H,1-2,7-12H2,(H,20,22)(H,21,23). The fraction of sp³-hybridized carbons (Fsp3) is 0.556. The molecular weight excluding hydrogens is 311 g/mol. The second-order valence-corrected chi connectivity index (χ2v) is 6.56. The molecule has 130 valence electrons. The van der Waals surface area contributed by atoms with Crippen molar-refractivity contribution >= 4 is 11.8 Å². The van der Waals surface area contributed by atoms with Crippen LogP contribution in [0.1, 0.15) is 31.2 Å². The van der Waals surface area contributed by atoms with Crippen LogP contribution in [0.5, 0.6) is 0 Å². The van der Waals surface area contributed by atoms with Crippen molar-refractivity contribution < 1.29 is 18.7 Å². The zero-order chi connectivity index (χ0) is 17.0. The van der Waals surface area contributed by atoms with Crippen molar-refractivity contribution in [2.45, 2.75) is 38.2 Å². The molecule has 0 aromatic heterocycles. The first-order valence-corrected chi connectivity index (χ1v) is 8.53. The molecule has 3 rings (SSSR count). The van der Waals surface area contributed by atoms with E-state index >= 15 is 0 Å². The van der Waals surface area contributed by atoms with Gasteiger partial charge < -0.3 is 15.4 Å². The highest BCUT2D eigenvalue weighted by atomic mass is 19.1. The Hall–Kier alpha value is -1.95. The maximum Gasteiger partial charge on any atom is 0.235 e. The molecule has 1 saturated heterocycles. The Labute approximate surface area is 141 Å². The molecule has 2 N–H and O–H groups in total. The molecule has 1 aliphatic carbocycles. The average molecular weight is 334 g/mol. The predicted octanol–water partition coefficient (Wildman–Crippen LogP) is 1.56. The van der Waals surface area contributed by atoms with Crippen molar-refractivity contribution in [3.05, 3.63) is 35.6 Å². The number of carbonyl (C=O) groups excluding carboxylic acids is 2. The van der Waals surface area contributed by atoms with Crippen LogP contribution in [-0.4, -0.2) is 37.6 Å². The van der Waals surface area contributed by atoms with Crippen molar-refractivity contribution in [1.29, 1.82) is 0 Å². The summed E-state index contributed by atoms with van der Waals surface area (Å²) in [6.07, 6.45) is 3.84. The third-order valence-electron chi connectivity index (χ3n) is 4.75. The highest BCUT2D eigenvalue weighted by Gasteiger charge is 2.56. The van der Waals surface area contributed by atoms with Crippen molar-refractivity contribution in [1.82, 2.24) is 10.6 Å². The normalized spacial score (nSPS) is 21.3. The summed E-state index contributed by atoms with van der Waals surface area (Å²) in [6, 6.07) is 6.20. The van der Waals surface area contributed by atoms with Crippen molar-refractivity contribution in [3.8, 4) is 0 Å². The van der Waals surface area contributed by atoms with Crippen LogP contribution in [0.3, 0.4) is 0 Å². The maximum atomic E-state index is 12.9. The van der Waals surface area contributed by atoms with Crippen LogP contribution in [0, 0.1) is 11.2 Å². The van der Waals surface area contributed by atoms with Gasteiger partial charge in [-0.1, -0.05) is 12.1 Å². The third-order valence-corrected chi connectivity index (χ3v) is 4.75. The van der Waals surface area contributed by atoms with E-state index < -0.39 is 5.41 Å². The smallest absolute Gasteiger partial charge is 0.235 e. The Kier molecular flexibility index (Phi) is 5.14. The summed E-state index contributed by atoms with van der Waals surface area (Å²) in [5, 5.41) is 5.69. The summed E-state index contributed by atoms with van der Waals surface area (Å²) < 4.78 is 18.3. The number of benzene rings is 1. The van der Waals surface area contributed by atoms with E-state index in [-0.39, 0.29) is 23.7 Å². The minimum absolute atomic E-state index is 0.0753. The third kappa shape index (κ3) is 3.93. The van der Waals surface area contributed by atoms with Gasteiger partial charge in [0.25, 0.3) is 0 Å². The van der Waals surface area contributed by atoms with Gasteiger partial charge in [-0.25, -0.2) is 4.39 Å². The molecule has 1 heterocycles. The summed E-state index contributed by atoms with van der Waals surface area (Å²) in [4.78, 5) is 24.7. The number of ether oxygens (including phenoxy) is 1. The fourth-order valence-electron chi connectivity index (χ4n) is 3.00. The van der Waals surface area contributed by atoms with Crippen molar-refractivity contribution in [2.24, 2.45) is 5.41 Å². The monoisotopic (exact) mass is 334 g/mol. The van der Waals surface area contributed by atoms with Crippen LogP contribution in [0.25, 0.3) is 0 Å². The van der Waals surface area contributed by atoms with Gasteiger partial charge in [0.2, 0.25) is 11.8 Å². The molecule has 2 aliphatic rings. The van der Waals surface area contributed by atoms with Gasteiger partial charge in [0.15, 0.2) is 0 Å². The number of hydrogen-bond donors (Lipinski definition) is 2. The summed E-state index contributed by atoms with van der Waals surface area (Å²) in [7, 11) is 0. The lowest BCUT2D eigenvalue weighted by atomic mass is 10.0. The van der Waals surface area contributed by atoms with Crippen LogP contribution < -0.4 is 10.6 Å². The van der Waals surface area contributed by atoms with Gasteiger partial charge in [-0.2, -0.15) is 0 Å². The van der Waals surface area contributed by atoms with Gasteiger partial charge in [0, 0.05) is 19.7 Å². The summed E-state index contributed by atoms with van der Waals surface area (Å²) in [6.45, 7) is 1.66. The molecule has 2 amide bonds. The minimum Gasteiger partial charge on any atom is -0.376 e. The molecule has 2 fully saturated rings. The topological polar surface area (TPSA) is 67.4 Å². The average Bonchev–Trinajstić information content (AvgIpc) is 3.24. The van der Waals surface area contributed by atoms with E-state index in [1.807, 2.05) is 0 Å². The van der Waals surface area contributed by atoms with Crippen molar-refractivity contribution in [3.63, 3.8) is 0 Å². The largest absolute Gasteiger partial charge is 0.376 e. The van der Waals surface area contributed by atoms with Gasteiger partial charge in [-0.3, -0.25) is 9.59 Å².